The molecule has 2 aromatic heterocycles. The van der Waals surface area contributed by atoms with Crippen molar-refractivity contribution in [3.8, 4) is 6.07 Å². The van der Waals surface area contributed by atoms with Gasteiger partial charge in [-0.05, 0) is 36.6 Å². The van der Waals surface area contributed by atoms with Crippen LogP contribution in [0.4, 0.5) is 19.0 Å². The first-order chi connectivity index (χ1) is 11.7. The molecule has 0 radical (unpaired) electrons. The van der Waals surface area contributed by atoms with Gasteiger partial charge in [0.2, 0.25) is 0 Å². The lowest BCUT2D eigenvalue weighted by Gasteiger charge is -2.34. The lowest BCUT2D eigenvalue weighted by atomic mass is 9.94. The zero-order chi connectivity index (χ0) is 18.4. The quantitative estimate of drug-likeness (QED) is 0.790. The molecular formula is C17H16F3N5. The Hall–Kier alpha value is -2.69. The predicted molar refractivity (Wildman–Crippen MR) is 84.9 cm³/mol. The van der Waals surface area contributed by atoms with Crippen molar-refractivity contribution in [2.75, 3.05) is 11.4 Å². The number of halogens is 3. The van der Waals surface area contributed by atoms with Gasteiger partial charge in [0.15, 0.2) is 11.5 Å². The summed E-state index contributed by atoms with van der Waals surface area (Å²) in [4.78, 5) is 5.93. The monoisotopic (exact) mass is 347 g/mol. The molecule has 130 valence electrons. The number of hydrogen-bond donors (Lipinski definition) is 0. The summed E-state index contributed by atoms with van der Waals surface area (Å²) >= 11 is 0. The number of nitriles is 1. The SMILES string of the molecule is Cc1c(C#N)nnc(N2Cc3cc(C(F)(F)F)cnc3C(C)C2)c1C. The van der Waals surface area contributed by atoms with Crippen LogP contribution in [0.1, 0.15) is 46.5 Å². The second kappa shape index (κ2) is 5.99. The maximum absolute atomic E-state index is 13.0. The van der Waals surface area contributed by atoms with Gasteiger partial charge in [0.25, 0.3) is 0 Å². The molecule has 2 aromatic rings. The molecule has 1 unspecified atom stereocenters. The van der Waals surface area contributed by atoms with Gasteiger partial charge < -0.3 is 4.90 Å². The largest absolute Gasteiger partial charge is 0.417 e. The molecular weight excluding hydrogens is 331 g/mol. The van der Waals surface area contributed by atoms with Crippen molar-refractivity contribution < 1.29 is 13.2 Å². The highest BCUT2D eigenvalue weighted by atomic mass is 19.4. The molecule has 8 heteroatoms. The van der Waals surface area contributed by atoms with E-state index in [-0.39, 0.29) is 18.2 Å². The Morgan fingerprint density at radius 3 is 2.60 bits per heavy atom. The molecule has 0 saturated heterocycles. The van der Waals surface area contributed by atoms with Gasteiger partial charge in [-0.1, -0.05) is 6.92 Å². The molecule has 0 N–H and O–H groups in total. The fourth-order valence-electron chi connectivity index (χ4n) is 3.09. The van der Waals surface area contributed by atoms with Crippen LogP contribution in [-0.4, -0.2) is 21.7 Å². The van der Waals surface area contributed by atoms with Gasteiger partial charge in [-0.3, -0.25) is 4.98 Å². The highest BCUT2D eigenvalue weighted by molar-refractivity contribution is 5.54. The van der Waals surface area contributed by atoms with Crippen LogP contribution in [0.5, 0.6) is 0 Å². The van der Waals surface area contributed by atoms with E-state index in [1.165, 1.54) is 0 Å². The van der Waals surface area contributed by atoms with Gasteiger partial charge >= 0.3 is 6.18 Å². The Kier molecular flexibility index (Phi) is 4.11. The third-order valence-corrected chi connectivity index (χ3v) is 4.55. The number of alkyl halides is 3. The van der Waals surface area contributed by atoms with Crippen molar-refractivity contribution in [1.29, 1.82) is 5.26 Å². The van der Waals surface area contributed by atoms with Gasteiger partial charge in [-0.15, -0.1) is 10.2 Å². The number of fused-ring (bicyclic) bond motifs is 1. The lowest BCUT2D eigenvalue weighted by molar-refractivity contribution is -0.137. The molecule has 0 aromatic carbocycles. The van der Waals surface area contributed by atoms with Crippen LogP contribution in [0.25, 0.3) is 0 Å². The number of aromatic nitrogens is 3. The van der Waals surface area contributed by atoms with E-state index in [0.29, 0.717) is 23.6 Å². The van der Waals surface area contributed by atoms with Crippen molar-refractivity contribution in [2.45, 2.75) is 39.4 Å². The third kappa shape index (κ3) is 3.02. The van der Waals surface area contributed by atoms with E-state index in [2.05, 4.69) is 15.2 Å². The van der Waals surface area contributed by atoms with Crippen LogP contribution in [-0.2, 0) is 12.7 Å². The Morgan fingerprint density at radius 1 is 1.24 bits per heavy atom. The number of rotatable bonds is 1. The van der Waals surface area contributed by atoms with Gasteiger partial charge in [0, 0.05) is 30.9 Å². The highest BCUT2D eigenvalue weighted by Gasteiger charge is 2.34. The molecule has 5 nitrogen and oxygen atoms in total. The second-order valence-corrected chi connectivity index (χ2v) is 6.28. The molecule has 0 bridgehead atoms. The van der Waals surface area contributed by atoms with Crippen LogP contribution >= 0.6 is 0 Å². The summed E-state index contributed by atoms with van der Waals surface area (Å²) in [5, 5.41) is 17.1. The maximum Gasteiger partial charge on any atom is 0.417 e. The van der Waals surface area contributed by atoms with Gasteiger partial charge in [0.05, 0.1) is 5.56 Å². The van der Waals surface area contributed by atoms with Crippen molar-refractivity contribution in [2.24, 2.45) is 0 Å². The van der Waals surface area contributed by atoms with Gasteiger partial charge in [-0.2, -0.15) is 18.4 Å². The summed E-state index contributed by atoms with van der Waals surface area (Å²) in [6, 6.07) is 3.14. The van der Waals surface area contributed by atoms with Crippen molar-refractivity contribution in [3.05, 3.63) is 45.9 Å². The molecule has 25 heavy (non-hydrogen) atoms. The first-order valence-corrected chi connectivity index (χ1v) is 7.77. The average Bonchev–Trinajstić information content (AvgIpc) is 2.56. The second-order valence-electron chi connectivity index (χ2n) is 6.28. The van der Waals surface area contributed by atoms with Crippen LogP contribution in [0.3, 0.4) is 0 Å². The zero-order valence-electron chi connectivity index (χ0n) is 14.0. The number of anilines is 1. The summed E-state index contributed by atoms with van der Waals surface area (Å²) < 4.78 is 38.9. The Bertz CT molecular complexity index is 870. The first-order valence-electron chi connectivity index (χ1n) is 7.77. The Balaban J connectivity index is 2.01. The molecule has 0 amide bonds. The summed E-state index contributed by atoms with van der Waals surface area (Å²) in [5.74, 6) is 0.551. The molecule has 0 saturated carbocycles. The zero-order valence-corrected chi connectivity index (χ0v) is 14.0. The smallest absolute Gasteiger partial charge is 0.350 e. The molecule has 0 spiro atoms. The number of pyridine rings is 1. The van der Waals surface area contributed by atoms with E-state index in [9.17, 15) is 13.2 Å². The Morgan fingerprint density at radius 2 is 1.96 bits per heavy atom. The predicted octanol–water partition coefficient (Wildman–Crippen LogP) is 3.50. The van der Waals surface area contributed by atoms with Gasteiger partial charge in [-0.25, -0.2) is 0 Å². The normalized spacial score (nSPS) is 17.2. The minimum Gasteiger partial charge on any atom is -0.350 e. The highest BCUT2D eigenvalue weighted by Crippen LogP contribution is 2.35. The fourth-order valence-corrected chi connectivity index (χ4v) is 3.09. The molecule has 1 aliphatic heterocycles. The standard InChI is InChI=1S/C17H16F3N5/c1-9-7-25(16-11(3)10(2)14(5-21)23-24-16)8-12-4-13(17(18,19)20)6-22-15(9)12/h4,6,9H,7-8H2,1-3H3. The molecule has 3 rings (SSSR count). The van der Waals surface area contributed by atoms with Crippen LogP contribution < -0.4 is 4.90 Å². The van der Waals surface area contributed by atoms with Crippen LogP contribution in [0.15, 0.2) is 12.3 Å². The first kappa shape index (κ1) is 17.1. The van der Waals surface area contributed by atoms with Crippen molar-refractivity contribution >= 4 is 5.82 Å². The van der Waals surface area contributed by atoms with E-state index in [0.717, 1.165) is 23.4 Å². The van der Waals surface area contributed by atoms with E-state index in [4.69, 9.17) is 5.26 Å². The number of hydrogen-bond acceptors (Lipinski definition) is 5. The Labute approximate surface area is 143 Å². The molecule has 0 aliphatic carbocycles. The minimum absolute atomic E-state index is 0.0387. The average molecular weight is 347 g/mol. The van der Waals surface area contributed by atoms with E-state index in [1.807, 2.05) is 24.8 Å². The summed E-state index contributed by atoms with van der Waals surface area (Å²) in [6.45, 7) is 6.40. The van der Waals surface area contributed by atoms with E-state index in [1.54, 1.807) is 6.92 Å². The van der Waals surface area contributed by atoms with Crippen molar-refractivity contribution in [3.63, 3.8) is 0 Å². The summed E-state index contributed by atoms with van der Waals surface area (Å²) in [7, 11) is 0. The van der Waals surface area contributed by atoms with E-state index >= 15 is 0 Å². The molecule has 1 aliphatic rings. The summed E-state index contributed by atoms with van der Waals surface area (Å²) in [6.07, 6.45) is -3.53. The minimum atomic E-state index is -4.42. The summed E-state index contributed by atoms with van der Waals surface area (Å²) in [5.41, 5.74) is 2.26. The maximum atomic E-state index is 13.0. The molecule has 3 heterocycles. The van der Waals surface area contributed by atoms with Crippen LogP contribution in [0.2, 0.25) is 0 Å². The van der Waals surface area contributed by atoms with Crippen molar-refractivity contribution in [1.82, 2.24) is 15.2 Å². The topological polar surface area (TPSA) is 65.7 Å². The number of nitrogens with zero attached hydrogens (tertiary/aromatic N) is 5. The fraction of sp³-hybridized carbons (Fsp3) is 0.412. The molecule has 1 atom stereocenters. The third-order valence-electron chi connectivity index (χ3n) is 4.55. The molecule has 0 fully saturated rings. The lowest BCUT2D eigenvalue weighted by Crippen LogP contribution is -2.35. The van der Waals surface area contributed by atoms with E-state index < -0.39 is 11.7 Å². The van der Waals surface area contributed by atoms with Gasteiger partial charge in [0.1, 0.15) is 6.07 Å². The van der Waals surface area contributed by atoms with Crippen LogP contribution in [0, 0.1) is 25.2 Å².